The number of likely N-dealkylation sites (tertiary alicyclic amines) is 1. The average molecular weight is 536 g/mol. The topological polar surface area (TPSA) is 135 Å². The van der Waals surface area contributed by atoms with E-state index >= 15 is 0 Å². The Kier molecular flexibility index (Phi) is 11.1. The van der Waals surface area contributed by atoms with Crippen LogP contribution in [0.15, 0.2) is 23.3 Å². The first-order valence-corrected chi connectivity index (χ1v) is 14.9. The first kappa shape index (κ1) is 29.3. The largest absolute Gasteiger partial charge is 0.354 e. The molecule has 1 aromatic heterocycles. The lowest BCUT2D eigenvalue weighted by atomic mass is 10.1. The molecule has 0 spiro atoms. The van der Waals surface area contributed by atoms with Crippen LogP contribution in [0.4, 0.5) is 17.5 Å². The van der Waals surface area contributed by atoms with Crippen LogP contribution >= 0.6 is 7.60 Å². The van der Waals surface area contributed by atoms with Crippen LogP contribution < -0.4 is 21.3 Å². The first-order chi connectivity index (χ1) is 17.8. The van der Waals surface area contributed by atoms with Gasteiger partial charge in [-0.3, -0.25) is 14.3 Å². The first-order valence-electron chi connectivity index (χ1n) is 13.1. The number of carbonyl (C=O) groups excluding carboxylic acids is 1. The van der Waals surface area contributed by atoms with Gasteiger partial charge in [0, 0.05) is 26.2 Å². The highest BCUT2D eigenvalue weighted by Gasteiger charge is 2.28. The number of allylic oxidation sites excluding steroid dienone is 1. The quantitative estimate of drug-likeness (QED) is 0.240. The fourth-order valence-electron chi connectivity index (χ4n) is 4.60. The molecule has 2 aliphatic heterocycles. The smallest absolute Gasteiger partial charge is 0.332 e. The van der Waals surface area contributed by atoms with E-state index in [4.69, 9.17) is 19.8 Å². The molecule has 12 heteroatoms. The van der Waals surface area contributed by atoms with Gasteiger partial charge in [-0.2, -0.15) is 4.98 Å². The molecule has 1 fully saturated rings. The van der Waals surface area contributed by atoms with Crippen molar-refractivity contribution in [3.05, 3.63) is 29.0 Å². The fraction of sp³-hybridized carbons (Fsp3) is 0.640. The minimum atomic E-state index is -3.19. The number of nitrogens with zero attached hydrogens (tertiary/aromatic N) is 4. The summed E-state index contributed by atoms with van der Waals surface area (Å²) in [5.74, 6) is 0.831. The summed E-state index contributed by atoms with van der Waals surface area (Å²) < 4.78 is 23.5. The van der Waals surface area contributed by atoms with Gasteiger partial charge in [-0.25, -0.2) is 4.98 Å². The van der Waals surface area contributed by atoms with Crippen molar-refractivity contribution in [1.29, 1.82) is 0 Å². The summed E-state index contributed by atoms with van der Waals surface area (Å²) in [5.41, 5.74) is 9.45. The summed E-state index contributed by atoms with van der Waals surface area (Å²) >= 11 is 0. The summed E-state index contributed by atoms with van der Waals surface area (Å²) in [6, 6.07) is 0. The molecule has 0 bridgehead atoms. The van der Waals surface area contributed by atoms with Gasteiger partial charge < -0.3 is 30.3 Å². The van der Waals surface area contributed by atoms with E-state index in [0.29, 0.717) is 49.5 Å². The van der Waals surface area contributed by atoms with Crippen molar-refractivity contribution in [1.82, 2.24) is 14.9 Å². The standard InChI is InChI=1S/C25H42N7O4P/c1-5-20(14-19(4)16-31-11-8-9-12-31)17-32-18-22(33)29-23-21(15-26)28-25(30-24(23)32)27-10-13-37(34,35-6-2)36-7-3/h5,14H,6-13,15-18,26H2,1-4H3,(H,29,33)(H,27,28,30)/b19-14+,20-5+. The van der Waals surface area contributed by atoms with E-state index in [9.17, 15) is 9.36 Å². The third-order valence-corrected chi connectivity index (χ3v) is 8.30. The molecule has 2 aliphatic rings. The van der Waals surface area contributed by atoms with Crippen molar-refractivity contribution in [2.24, 2.45) is 5.73 Å². The summed E-state index contributed by atoms with van der Waals surface area (Å²) in [7, 11) is -3.19. The number of hydrogen-bond donors (Lipinski definition) is 3. The van der Waals surface area contributed by atoms with E-state index in [2.05, 4.69) is 39.6 Å². The molecule has 0 aromatic carbocycles. The van der Waals surface area contributed by atoms with Crippen molar-refractivity contribution in [2.75, 3.05) is 74.2 Å². The Morgan fingerprint density at radius 2 is 1.89 bits per heavy atom. The molecule has 0 aliphatic carbocycles. The molecular weight excluding hydrogens is 493 g/mol. The molecule has 0 atom stereocenters. The normalized spacial score (nSPS) is 17.2. The van der Waals surface area contributed by atoms with Gasteiger partial charge >= 0.3 is 7.60 Å². The van der Waals surface area contributed by atoms with E-state index in [0.717, 1.165) is 25.2 Å². The van der Waals surface area contributed by atoms with Crippen LogP contribution in [0.2, 0.25) is 0 Å². The third-order valence-electron chi connectivity index (χ3n) is 6.22. The second-order valence-electron chi connectivity index (χ2n) is 9.24. The summed E-state index contributed by atoms with van der Waals surface area (Å²) in [4.78, 5) is 26.2. The maximum atomic E-state index is 12.8. The van der Waals surface area contributed by atoms with Crippen LogP contribution in [-0.4, -0.2) is 79.4 Å². The highest BCUT2D eigenvalue weighted by Crippen LogP contribution is 2.47. The number of aromatic nitrogens is 2. The second kappa shape index (κ2) is 14.0. The number of nitrogens with two attached hydrogens (primary N) is 1. The number of fused-ring (bicyclic) bond motifs is 1. The van der Waals surface area contributed by atoms with Crippen LogP contribution in [0, 0.1) is 0 Å². The molecule has 0 radical (unpaired) electrons. The zero-order valence-electron chi connectivity index (χ0n) is 22.6. The van der Waals surface area contributed by atoms with Gasteiger partial charge in [0.25, 0.3) is 0 Å². The molecule has 37 heavy (non-hydrogen) atoms. The van der Waals surface area contributed by atoms with Crippen LogP contribution in [0.1, 0.15) is 46.2 Å². The molecule has 4 N–H and O–H groups in total. The highest BCUT2D eigenvalue weighted by molar-refractivity contribution is 7.53. The molecule has 206 valence electrons. The van der Waals surface area contributed by atoms with Gasteiger partial charge in [0.2, 0.25) is 11.9 Å². The van der Waals surface area contributed by atoms with Crippen LogP contribution in [-0.2, 0) is 25.0 Å². The molecule has 0 saturated carbocycles. The minimum absolute atomic E-state index is 0.130. The van der Waals surface area contributed by atoms with Crippen molar-refractivity contribution >= 4 is 31.0 Å². The summed E-state index contributed by atoms with van der Waals surface area (Å²) in [5, 5.41) is 6.02. The fourth-order valence-corrected chi connectivity index (χ4v) is 6.10. The molecule has 3 rings (SSSR count). The van der Waals surface area contributed by atoms with Gasteiger partial charge in [-0.05, 0) is 59.2 Å². The van der Waals surface area contributed by atoms with E-state index in [1.54, 1.807) is 13.8 Å². The molecule has 0 unspecified atom stereocenters. The molecule has 1 aromatic rings. The van der Waals surface area contributed by atoms with Gasteiger partial charge in [-0.15, -0.1) is 0 Å². The lowest BCUT2D eigenvalue weighted by Gasteiger charge is -2.31. The predicted octanol–water partition coefficient (Wildman–Crippen LogP) is 3.36. The number of anilines is 3. The summed E-state index contributed by atoms with van der Waals surface area (Å²) in [6.45, 7) is 12.7. The van der Waals surface area contributed by atoms with E-state index in [-0.39, 0.29) is 25.2 Å². The number of amides is 1. The number of hydrogen-bond acceptors (Lipinski definition) is 10. The molecule has 3 heterocycles. The van der Waals surface area contributed by atoms with Crippen molar-refractivity contribution in [3.8, 4) is 0 Å². The van der Waals surface area contributed by atoms with Crippen LogP contribution in [0.25, 0.3) is 0 Å². The Morgan fingerprint density at radius 1 is 1.19 bits per heavy atom. The Hall–Kier alpha value is -2.30. The number of rotatable bonds is 14. The van der Waals surface area contributed by atoms with E-state index in [1.165, 1.54) is 18.4 Å². The number of carbonyl (C=O) groups is 1. The van der Waals surface area contributed by atoms with Crippen molar-refractivity contribution < 1.29 is 18.4 Å². The van der Waals surface area contributed by atoms with Crippen molar-refractivity contribution in [3.63, 3.8) is 0 Å². The average Bonchev–Trinajstić information content (AvgIpc) is 3.36. The molecular formula is C25H42N7O4P. The third kappa shape index (κ3) is 8.35. The summed E-state index contributed by atoms with van der Waals surface area (Å²) in [6.07, 6.45) is 6.98. The monoisotopic (exact) mass is 535 g/mol. The maximum Gasteiger partial charge on any atom is 0.332 e. The Morgan fingerprint density at radius 3 is 2.51 bits per heavy atom. The van der Waals surface area contributed by atoms with E-state index < -0.39 is 7.60 Å². The lowest BCUT2D eigenvalue weighted by Crippen LogP contribution is -2.41. The predicted molar refractivity (Wildman–Crippen MR) is 148 cm³/mol. The Labute approximate surface area is 220 Å². The molecule has 1 amide bonds. The second-order valence-corrected chi connectivity index (χ2v) is 11.4. The Balaban J connectivity index is 1.78. The van der Waals surface area contributed by atoms with Crippen LogP contribution in [0.5, 0.6) is 0 Å². The van der Waals surface area contributed by atoms with E-state index in [1.807, 2.05) is 11.8 Å². The van der Waals surface area contributed by atoms with Gasteiger partial charge in [-0.1, -0.05) is 17.7 Å². The minimum Gasteiger partial charge on any atom is -0.354 e. The number of nitrogens with one attached hydrogen (secondary N) is 2. The van der Waals surface area contributed by atoms with Gasteiger partial charge in [0.1, 0.15) is 5.69 Å². The molecule has 1 saturated heterocycles. The Bertz CT molecular complexity index is 1030. The van der Waals surface area contributed by atoms with Crippen molar-refractivity contribution in [2.45, 2.75) is 47.1 Å². The zero-order valence-corrected chi connectivity index (χ0v) is 23.5. The maximum absolute atomic E-state index is 12.8. The SMILES string of the molecule is C/C=C(\C=C(/C)CN1CCCC1)CN1CC(=O)Nc2c(CN)nc(NCCP(=O)(OCC)OCC)nc21. The van der Waals surface area contributed by atoms with Gasteiger partial charge in [0.15, 0.2) is 5.82 Å². The highest BCUT2D eigenvalue weighted by atomic mass is 31.2. The molecule has 11 nitrogen and oxygen atoms in total. The lowest BCUT2D eigenvalue weighted by molar-refractivity contribution is -0.115. The zero-order chi connectivity index (χ0) is 26.8. The van der Waals surface area contributed by atoms with Crippen LogP contribution in [0.3, 0.4) is 0 Å². The van der Waals surface area contributed by atoms with Gasteiger partial charge in [0.05, 0.1) is 31.6 Å².